The third kappa shape index (κ3) is 4.28. The van der Waals surface area contributed by atoms with Crippen LogP contribution in [0.25, 0.3) is 21.9 Å². The van der Waals surface area contributed by atoms with Gasteiger partial charge in [-0.15, -0.1) is 0 Å². The van der Waals surface area contributed by atoms with Gasteiger partial charge in [-0.05, 0) is 60.2 Å². The van der Waals surface area contributed by atoms with E-state index in [0.717, 1.165) is 53.7 Å². The van der Waals surface area contributed by atoms with E-state index in [9.17, 15) is 0 Å². The number of nitrogens with two attached hydrogens (primary N) is 1. The number of anilines is 1. The van der Waals surface area contributed by atoms with E-state index in [1.54, 1.807) is 0 Å². The number of nitrogens with zero attached hydrogens (tertiary/aromatic N) is 4. The molecule has 0 saturated heterocycles. The van der Waals surface area contributed by atoms with Gasteiger partial charge in [0.2, 0.25) is 0 Å². The quantitative estimate of drug-likeness (QED) is 0.590. The highest BCUT2D eigenvalue weighted by Crippen LogP contribution is 2.29. The molecule has 0 unspecified atom stereocenters. The van der Waals surface area contributed by atoms with Gasteiger partial charge in [-0.3, -0.25) is 0 Å². The molecule has 0 aliphatic heterocycles. The maximum Gasteiger partial charge on any atom is 0.152 e. The van der Waals surface area contributed by atoms with Crippen molar-refractivity contribution in [3.63, 3.8) is 0 Å². The highest BCUT2D eigenvalue weighted by Gasteiger charge is 2.18. The first-order chi connectivity index (χ1) is 13.3. The maximum atomic E-state index is 6.24. The molecule has 0 bridgehead atoms. The van der Waals surface area contributed by atoms with Gasteiger partial charge < -0.3 is 19.9 Å². The lowest BCUT2D eigenvalue weighted by molar-refractivity contribution is 0.125. The highest BCUT2D eigenvalue weighted by atomic mass is 16.5. The normalized spacial score (nSPS) is 12.5. The fourth-order valence-corrected chi connectivity index (χ4v) is 3.40. The molecule has 6 heteroatoms. The molecule has 0 aliphatic rings. The van der Waals surface area contributed by atoms with Crippen molar-refractivity contribution in [3.8, 4) is 0 Å². The number of para-hydroxylation sites is 1. The van der Waals surface area contributed by atoms with Gasteiger partial charge in [0.05, 0.1) is 11.0 Å². The molecule has 2 N–H and O–H groups in total. The number of nitrogen functional groups attached to an aromatic ring is 1. The number of unbranched alkanes of at least 4 members (excludes halogenated alkanes) is 1. The van der Waals surface area contributed by atoms with E-state index in [4.69, 9.17) is 15.5 Å². The van der Waals surface area contributed by atoms with Gasteiger partial charge in [0, 0.05) is 24.1 Å². The summed E-state index contributed by atoms with van der Waals surface area (Å²) < 4.78 is 7.96. The van der Waals surface area contributed by atoms with Gasteiger partial charge in [-0.2, -0.15) is 0 Å². The van der Waals surface area contributed by atoms with Crippen LogP contribution in [0.1, 0.15) is 46.4 Å². The van der Waals surface area contributed by atoms with Crippen LogP contribution in [0.3, 0.4) is 0 Å². The number of imidazole rings is 1. The molecule has 0 amide bonds. The van der Waals surface area contributed by atoms with Crippen molar-refractivity contribution in [1.82, 2.24) is 19.4 Å². The van der Waals surface area contributed by atoms with Gasteiger partial charge in [0.15, 0.2) is 5.82 Å². The summed E-state index contributed by atoms with van der Waals surface area (Å²) in [6, 6.07) is 8.13. The average molecular weight is 384 g/mol. The van der Waals surface area contributed by atoms with E-state index in [2.05, 4.69) is 48.3 Å². The third-order valence-corrected chi connectivity index (χ3v) is 5.40. The van der Waals surface area contributed by atoms with E-state index in [-0.39, 0.29) is 5.54 Å². The van der Waals surface area contributed by atoms with Crippen molar-refractivity contribution < 1.29 is 4.74 Å². The number of aromatic nitrogens is 3. The second-order valence-corrected chi connectivity index (χ2v) is 8.33. The zero-order chi connectivity index (χ0) is 20.3. The Balaban J connectivity index is 1.92. The molecule has 2 aromatic heterocycles. The van der Waals surface area contributed by atoms with Crippen molar-refractivity contribution in [3.05, 3.63) is 30.1 Å². The van der Waals surface area contributed by atoms with Crippen LogP contribution >= 0.6 is 0 Å². The molecule has 1 aromatic carbocycles. The van der Waals surface area contributed by atoms with Crippen LogP contribution in [0.5, 0.6) is 0 Å². The first-order valence-electron chi connectivity index (χ1n) is 10.1. The highest BCUT2D eigenvalue weighted by molar-refractivity contribution is 6.06. The number of ether oxygens (including phenoxy) is 1. The van der Waals surface area contributed by atoms with E-state index in [1.165, 1.54) is 0 Å². The van der Waals surface area contributed by atoms with Crippen molar-refractivity contribution >= 4 is 27.8 Å². The largest absolute Gasteiger partial charge is 0.382 e. The van der Waals surface area contributed by atoms with Crippen molar-refractivity contribution in [2.75, 3.05) is 25.9 Å². The molecule has 0 fully saturated rings. The number of fused-ring (bicyclic) bond motifs is 3. The Bertz CT molecular complexity index is 941. The molecule has 0 aliphatic carbocycles. The molecule has 152 valence electrons. The molecule has 28 heavy (non-hydrogen) atoms. The number of hydrogen-bond acceptors (Lipinski definition) is 5. The minimum absolute atomic E-state index is 0.193. The van der Waals surface area contributed by atoms with Crippen LogP contribution in [0.4, 0.5) is 5.82 Å². The summed E-state index contributed by atoms with van der Waals surface area (Å²) in [5.41, 5.74) is 9.19. The average Bonchev–Trinajstić information content (AvgIpc) is 3.02. The molecule has 3 rings (SSSR count). The lowest BCUT2D eigenvalue weighted by Crippen LogP contribution is -2.38. The smallest absolute Gasteiger partial charge is 0.152 e. The van der Waals surface area contributed by atoms with Gasteiger partial charge in [0.1, 0.15) is 17.9 Å². The van der Waals surface area contributed by atoms with Gasteiger partial charge in [-0.1, -0.05) is 18.2 Å². The predicted molar refractivity (Wildman–Crippen MR) is 116 cm³/mol. The van der Waals surface area contributed by atoms with E-state index in [1.807, 2.05) is 25.1 Å². The Kier molecular flexibility index (Phi) is 6.20. The molecule has 0 atom stereocenters. The summed E-state index contributed by atoms with van der Waals surface area (Å²) >= 11 is 0. The zero-order valence-corrected chi connectivity index (χ0v) is 17.8. The Morgan fingerprint density at radius 2 is 1.89 bits per heavy atom. The monoisotopic (exact) mass is 383 g/mol. The first-order valence-corrected chi connectivity index (χ1v) is 10.1. The van der Waals surface area contributed by atoms with Gasteiger partial charge >= 0.3 is 0 Å². The topological polar surface area (TPSA) is 69.2 Å². The van der Waals surface area contributed by atoms with E-state index < -0.39 is 0 Å². The van der Waals surface area contributed by atoms with Crippen LogP contribution in [0.15, 0.2) is 24.3 Å². The van der Waals surface area contributed by atoms with Crippen LogP contribution < -0.4 is 5.73 Å². The van der Waals surface area contributed by atoms with Crippen molar-refractivity contribution in [1.29, 1.82) is 0 Å². The molecule has 0 radical (unpaired) electrons. The standard InChI is InChI=1S/C22H33N5O/c1-6-28-15-18-25-19-20(16-11-7-8-12-17(16)24-21(19)23)27(18)14-10-9-13-26(5)22(2,3)4/h7-8,11-12H,6,9-10,13-15H2,1-5H3,(H2,23,24). The second-order valence-electron chi connectivity index (χ2n) is 8.33. The van der Waals surface area contributed by atoms with Crippen LogP contribution in [-0.4, -0.2) is 45.2 Å². The second kappa shape index (κ2) is 8.45. The third-order valence-electron chi connectivity index (χ3n) is 5.40. The number of benzene rings is 1. The van der Waals surface area contributed by atoms with Crippen LogP contribution in [-0.2, 0) is 17.9 Å². The zero-order valence-electron chi connectivity index (χ0n) is 17.8. The van der Waals surface area contributed by atoms with Gasteiger partial charge in [0.25, 0.3) is 0 Å². The summed E-state index contributed by atoms with van der Waals surface area (Å²) in [6.45, 7) is 11.9. The molecular formula is C22H33N5O. The number of hydrogen-bond donors (Lipinski definition) is 1. The van der Waals surface area contributed by atoms with Crippen molar-refractivity contribution in [2.45, 2.75) is 59.2 Å². The lowest BCUT2D eigenvalue weighted by Gasteiger charge is -2.31. The number of aryl methyl sites for hydroxylation is 1. The Morgan fingerprint density at radius 3 is 2.61 bits per heavy atom. The van der Waals surface area contributed by atoms with Gasteiger partial charge in [-0.25, -0.2) is 9.97 Å². The fourth-order valence-electron chi connectivity index (χ4n) is 3.40. The Labute approximate surface area is 167 Å². The first kappa shape index (κ1) is 20.6. The number of pyridine rings is 1. The molecule has 3 aromatic rings. The summed E-state index contributed by atoms with van der Waals surface area (Å²) in [7, 11) is 2.19. The molecule has 6 nitrogen and oxygen atoms in total. The summed E-state index contributed by atoms with van der Waals surface area (Å²) in [5.74, 6) is 1.41. The van der Waals surface area contributed by atoms with E-state index >= 15 is 0 Å². The SMILES string of the molecule is CCOCc1nc2c(N)nc3ccccc3c2n1CCCCN(C)C(C)(C)C. The van der Waals surface area contributed by atoms with Crippen molar-refractivity contribution in [2.24, 2.45) is 0 Å². The van der Waals surface area contributed by atoms with E-state index in [0.29, 0.717) is 19.0 Å². The Morgan fingerprint density at radius 1 is 1.14 bits per heavy atom. The minimum Gasteiger partial charge on any atom is -0.382 e. The molecular weight excluding hydrogens is 350 g/mol. The summed E-state index contributed by atoms with van der Waals surface area (Å²) in [4.78, 5) is 11.7. The predicted octanol–water partition coefficient (Wildman–Crippen LogP) is 4.21. The lowest BCUT2D eigenvalue weighted by atomic mass is 10.1. The Hall–Kier alpha value is -2.18. The molecule has 0 spiro atoms. The molecule has 2 heterocycles. The summed E-state index contributed by atoms with van der Waals surface area (Å²) in [6.07, 6.45) is 2.20. The minimum atomic E-state index is 0.193. The maximum absolute atomic E-state index is 6.24. The van der Waals surface area contributed by atoms with Crippen LogP contribution in [0, 0.1) is 0 Å². The van der Waals surface area contributed by atoms with Crippen LogP contribution in [0.2, 0.25) is 0 Å². The fraction of sp³-hybridized carbons (Fsp3) is 0.545. The number of rotatable bonds is 8. The molecule has 0 saturated carbocycles. The summed E-state index contributed by atoms with van der Waals surface area (Å²) in [5, 5.41) is 1.09.